The smallest absolute Gasteiger partial charge is 0.255 e. The van der Waals surface area contributed by atoms with E-state index in [4.69, 9.17) is 0 Å². The molecule has 0 unspecified atom stereocenters. The van der Waals surface area contributed by atoms with Gasteiger partial charge >= 0.3 is 0 Å². The van der Waals surface area contributed by atoms with E-state index in [-0.39, 0.29) is 5.91 Å². The number of hydrogen-bond donors (Lipinski definition) is 0. The average molecular weight is 333 g/mol. The highest BCUT2D eigenvalue weighted by molar-refractivity contribution is 5.95. The molecule has 128 valence electrons. The monoisotopic (exact) mass is 333 g/mol. The van der Waals surface area contributed by atoms with Gasteiger partial charge in [0.15, 0.2) is 0 Å². The van der Waals surface area contributed by atoms with Gasteiger partial charge in [0, 0.05) is 49.8 Å². The highest BCUT2D eigenvalue weighted by Crippen LogP contribution is 2.23. The molecule has 4 nitrogen and oxygen atoms in total. The SMILES string of the molecule is Cc1ccc(C)c(N2CCN(C(=O)c3cc4ccccn4c3)CC2)c1. The van der Waals surface area contributed by atoms with Crippen LogP contribution in [0.15, 0.2) is 54.9 Å². The van der Waals surface area contributed by atoms with Crippen LogP contribution in [0.3, 0.4) is 0 Å². The van der Waals surface area contributed by atoms with Gasteiger partial charge in [0.05, 0.1) is 5.56 Å². The maximum atomic E-state index is 12.8. The lowest BCUT2D eigenvalue weighted by Gasteiger charge is -2.36. The zero-order valence-electron chi connectivity index (χ0n) is 14.8. The topological polar surface area (TPSA) is 28.0 Å². The van der Waals surface area contributed by atoms with E-state index in [1.807, 2.05) is 46.0 Å². The predicted molar refractivity (Wildman–Crippen MR) is 101 cm³/mol. The molecule has 2 aromatic heterocycles. The van der Waals surface area contributed by atoms with Crippen molar-refractivity contribution in [3.8, 4) is 0 Å². The molecular weight excluding hydrogens is 310 g/mol. The number of benzene rings is 1. The molecule has 0 spiro atoms. The van der Waals surface area contributed by atoms with E-state index in [0.717, 1.165) is 37.3 Å². The van der Waals surface area contributed by atoms with E-state index in [1.165, 1.54) is 16.8 Å². The van der Waals surface area contributed by atoms with E-state index in [2.05, 4.69) is 36.9 Å². The molecule has 0 aliphatic carbocycles. The van der Waals surface area contributed by atoms with E-state index in [1.54, 1.807) is 0 Å². The van der Waals surface area contributed by atoms with Crippen molar-refractivity contribution < 1.29 is 4.79 Å². The van der Waals surface area contributed by atoms with Crippen molar-refractivity contribution in [3.05, 3.63) is 71.5 Å². The maximum Gasteiger partial charge on any atom is 0.255 e. The quantitative estimate of drug-likeness (QED) is 0.718. The molecule has 0 radical (unpaired) electrons. The normalized spacial score (nSPS) is 15.0. The summed E-state index contributed by atoms with van der Waals surface area (Å²) in [5.74, 6) is 0.129. The van der Waals surface area contributed by atoms with Crippen molar-refractivity contribution in [1.29, 1.82) is 0 Å². The second-order valence-electron chi connectivity index (χ2n) is 6.83. The zero-order chi connectivity index (χ0) is 17.4. The Morgan fingerprint density at radius 1 is 0.960 bits per heavy atom. The second kappa shape index (κ2) is 6.28. The van der Waals surface area contributed by atoms with Crippen molar-refractivity contribution in [2.75, 3.05) is 31.1 Å². The summed E-state index contributed by atoms with van der Waals surface area (Å²) in [7, 11) is 0. The van der Waals surface area contributed by atoms with Gasteiger partial charge in [0.25, 0.3) is 5.91 Å². The number of rotatable bonds is 2. The van der Waals surface area contributed by atoms with Crippen LogP contribution in [-0.4, -0.2) is 41.4 Å². The number of aromatic nitrogens is 1. The number of aryl methyl sites for hydroxylation is 2. The van der Waals surface area contributed by atoms with Crippen LogP contribution in [0.4, 0.5) is 5.69 Å². The number of carbonyl (C=O) groups is 1. The molecule has 1 fully saturated rings. The fraction of sp³-hybridized carbons (Fsp3) is 0.286. The fourth-order valence-electron chi connectivity index (χ4n) is 3.57. The molecular formula is C21H23N3O. The first-order valence-electron chi connectivity index (χ1n) is 8.80. The Bertz CT molecular complexity index is 887. The van der Waals surface area contributed by atoms with Crippen molar-refractivity contribution in [2.24, 2.45) is 0 Å². The number of amides is 1. The lowest BCUT2D eigenvalue weighted by atomic mass is 10.1. The van der Waals surface area contributed by atoms with Crippen molar-refractivity contribution >= 4 is 17.1 Å². The summed E-state index contributed by atoms with van der Waals surface area (Å²) in [6, 6.07) is 14.5. The largest absolute Gasteiger partial charge is 0.368 e. The molecule has 1 aliphatic rings. The van der Waals surface area contributed by atoms with Gasteiger partial charge in [-0.15, -0.1) is 0 Å². The Morgan fingerprint density at radius 3 is 2.52 bits per heavy atom. The van der Waals surface area contributed by atoms with Crippen molar-refractivity contribution in [3.63, 3.8) is 0 Å². The highest BCUT2D eigenvalue weighted by Gasteiger charge is 2.23. The van der Waals surface area contributed by atoms with Gasteiger partial charge in [-0.2, -0.15) is 0 Å². The molecule has 3 aromatic rings. The maximum absolute atomic E-state index is 12.8. The molecule has 0 N–H and O–H groups in total. The third-order valence-electron chi connectivity index (χ3n) is 5.02. The number of fused-ring (bicyclic) bond motifs is 1. The van der Waals surface area contributed by atoms with Gasteiger partial charge < -0.3 is 14.2 Å². The molecule has 4 heteroatoms. The van der Waals surface area contributed by atoms with Gasteiger partial charge in [0.1, 0.15) is 0 Å². The molecule has 1 aromatic carbocycles. The third kappa shape index (κ3) is 3.00. The van der Waals surface area contributed by atoms with E-state index in [9.17, 15) is 4.79 Å². The number of nitrogens with zero attached hydrogens (tertiary/aromatic N) is 3. The van der Waals surface area contributed by atoms with Gasteiger partial charge in [-0.1, -0.05) is 18.2 Å². The van der Waals surface area contributed by atoms with Crippen LogP contribution in [0.5, 0.6) is 0 Å². The Hall–Kier alpha value is -2.75. The summed E-state index contributed by atoms with van der Waals surface area (Å²) in [5, 5.41) is 0. The Labute approximate surface area is 148 Å². The average Bonchev–Trinajstić information content (AvgIpc) is 3.07. The Balaban J connectivity index is 1.47. The van der Waals surface area contributed by atoms with Gasteiger partial charge in [-0.05, 0) is 49.2 Å². The van der Waals surface area contributed by atoms with Crippen LogP contribution in [0.25, 0.3) is 5.52 Å². The lowest BCUT2D eigenvalue weighted by molar-refractivity contribution is 0.0747. The predicted octanol–water partition coefficient (Wildman–Crippen LogP) is 3.52. The summed E-state index contributed by atoms with van der Waals surface area (Å²) in [6.07, 6.45) is 3.90. The summed E-state index contributed by atoms with van der Waals surface area (Å²) < 4.78 is 2.00. The fourth-order valence-corrected chi connectivity index (χ4v) is 3.57. The summed E-state index contributed by atoms with van der Waals surface area (Å²) in [5.41, 5.74) is 5.69. The molecule has 4 rings (SSSR count). The Kier molecular flexibility index (Phi) is 3.96. The molecule has 3 heterocycles. The summed E-state index contributed by atoms with van der Waals surface area (Å²) in [6.45, 7) is 7.56. The number of anilines is 1. The first kappa shape index (κ1) is 15.8. The van der Waals surface area contributed by atoms with Crippen LogP contribution in [0, 0.1) is 13.8 Å². The minimum absolute atomic E-state index is 0.129. The van der Waals surface area contributed by atoms with Gasteiger partial charge in [-0.3, -0.25) is 4.79 Å². The summed E-state index contributed by atoms with van der Waals surface area (Å²) in [4.78, 5) is 17.2. The van der Waals surface area contributed by atoms with E-state index >= 15 is 0 Å². The third-order valence-corrected chi connectivity index (χ3v) is 5.02. The first-order valence-corrected chi connectivity index (χ1v) is 8.80. The Morgan fingerprint density at radius 2 is 1.76 bits per heavy atom. The van der Waals surface area contributed by atoms with Crippen molar-refractivity contribution in [2.45, 2.75) is 13.8 Å². The molecule has 1 aliphatic heterocycles. The van der Waals surface area contributed by atoms with E-state index < -0.39 is 0 Å². The second-order valence-corrected chi connectivity index (χ2v) is 6.83. The lowest BCUT2D eigenvalue weighted by Crippen LogP contribution is -2.49. The molecule has 0 atom stereocenters. The summed E-state index contributed by atoms with van der Waals surface area (Å²) >= 11 is 0. The molecule has 1 amide bonds. The van der Waals surface area contributed by atoms with Crippen LogP contribution in [0.2, 0.25) is 0 Å². The molecule has 0 bridgehead atoms. The molecule has 25 heavy (non-hydrogen) atoms. The molecule has 1 saturated heterocycles. The number of carbonyl (C=O) groups excluding carboxylic acids is 1. The van der Waals surface area contributed by atoms with Gasteiger partial charge in [0.2, 0.25) is 0 Å². The first-order chi connectivity index (χ1) is 12.1. The minimum atomic E-state index is 0.129. The number of pyridine rings is 1. The molecule has 0 saturated carbocycles. The standard InChI is InChI=1S/C21H23N3O/c1-16-6-7-17(2)20(13-16)22-9-11-23(12-10-22)21(25)18-14-19-5-3-4-8-24(19)15-18/h3-8,13-15H,9-12H2,1-2H3. The number of hydrogen-bond acceptors (Lipinski definition) is 2. The zero-order valence-corrected chi connectivity index (χ0v) is 14.8. The minimum Gasteiger partial charge on any atom is -0.368 e. The highest BCUT2D eigenvalue weighted by atomic mass is 16.2. The van der Waals surface area contributed by atoms with Crippen LogP contribution in [-0.2, 0) is 0 Å². The van der Waals surface area contributed by atoms with Gasteiger partial charge in [-0.25, -0.2) is 0 Å². The van der Waals surface area contributed by atoms with Crippen LogP contribution in [0.1, 0.15) is 21.5 Å². The number of piperazine rings is 1. The van der Waals surface area contributed by atoms with E-state index in [0.29, 0.717) is 0 Å². The van der Waals surface area contributed by atoms with Crippen LogP contribution < -0.4 is 4.90 Å². The van der Waals surface area contributed by atoms with Crippen molar-refractivity contribution in [1.82, 2.24) is 9.30 Å². The van der Waals surface area contributed by atoms with Crippen LogP contribution >= 0.6 is 0 Å².